The lowest BCUT2D eigenvalue weighted by atomic mass is 10.0. The summed E-state index contributed by atoms with van der Waals surface area (Å²) in [5, 5.41) is 4.21. The van der Waals surface area contributed by atoms with Gasteiger partial charge in [0.2, 0.25) is 0 Å². The molecule has 1 saturated heterocycles. The smallest absolute Gasteiger partial charge is 0.175 e. The summed E-state index contributed by atoms with van der Waals surface area (Å²) >= 11 is 0. The number of fused-ring (bicyclic) bond motifs is 1. The van der Waals surface area contributed by atoms with Crippen LogP contribution in [0.2, 0.25) is 0 Å². The van der Waals surface area contributed by atoms with E-state index in [1.165, 1.54) is 12.6 Å². The second kappa shape index (κ2) is 7.11. The summed E-state index contributed by atoms with van der Waals surface area (Å²) in [6.07, 6.45) is 6.43. The number of aromatic nitrogens is 3. The molecule has 7 nitrogen and oxygen atoms in total. The number of piperidine rings is 1. The van der Waals surface area contributed by atoms with Crippen molar-refractivity contribution in [2.24, 2.45) is 0 Å². The average Bonchev–Trinajstić information content (AvgIpc) is 2.68. The number of nitrogens with one attached hydrogen (secondary N) is 1. The number of rotatable bonds is 4. The van der Waals surface area contributed by atoms with Gasteiger partial charge in [0.15, 0.2) is 9.84 Å². The maximum atomic E-state index is 11.9. The molecule has 3 aromatic rings. The van der Waals surface area contributed by atoms with Crippen molar-refractivity contribution >= 4 is 32.4 Å². The molecule has 1 aromatic carbocycles. The minimum Gasteiger partial charge on any atom is -0.367 e. The molecule has 0 spiro atoms. The maximum Gasteiger partial charge on any atom is 0.175 e. The van der Waals surface area contributed by atoms with E-state index in [1.54, 1.807) is 18.2 Å². The second-order valence-electron chi connectivity index (χ2n) is 6.77. The summed E-state index contributed by atoms with van der Waals surface area (Å²) in [6, 6.07) is 11.2. The normalized spacial score (nSPS) is 15.8. The van der Waals surface area contributed by atoms with Gasteiger partial charge in [-0.3, -0.25) is 0 Å². The fraction of sp³-hybridized carbons (Fsp3) is 0.316. The van der Waals surface area contributed by atoms with Gasteiger partial charge in [-0.05, 0) is 43.2 Å². The predicted molar refractivity (Wildman–Crippen MR) is 106 cm³/mol. The number of sulfone groups is 1. The quantitative estimate of drug-likeness (QED) is 0.740. The molecule has 140 valence electrons. The van der Waals surface area contributed by atoms with Crippen molar-refractivity contribution in [2.75, 3.05) is 29.6 Å². The van der Waals surface area contributed by atoms with Crippen LogP contribution in [0.4, 0.5) is 11.6 Å². The van der Waals surface area contributed by atoms with E-state index in [4.69, 9.17) is 0 Å². The number of nitrogens with zero attached hydrogens (tertiary/aromatic N) is 4. The molecule has 0 bridgehead atoms. The van der Waals surface area contributed by atoms with Crippen molar-refractivity contribution < 1.29 is 8.42 Å². The van der Waals surface area contributed by atoms with Gasteiger partial charge in [-0.25, -0.2) is 23.4 Å². The highest BCUT2D eigenvalue weighted by Crippen LogP contribution is 2.26. The zero-order valence-corrected chi connectivity index (χ0v) is 15.9. The molecular formula is C19H21N5O2S. The van der Waals surface area contributed by atoms with E-state index in [9.17, 15) is 8.42 Å². The minimum absolute atomic E-state index is 0.268. The van der Waals surface area contributed by atoms with Crippen molar-refractivity contribution in [1.82, 2.24) is 15.0 Å². The van der Waals surface area contributed by atoms with Gasteiger partial charge in [0.05, 0.1) is 10.4 Å². The van der Waals surface area contributed by atoms with E-state index in [1.807, 2.05) is 24.4 Å². The van der Waals surface area contributed by atoms with Crippen LogP contribution in [0.5, 0.6) is 0 Å². The van der Waals surface area contributed by atoms with Gasteiger partial charge in [-0.2, -0.15) is 0 Å². The zero-order chi connectivity index (χ0) is 18.9. The van der Waals surface area contributed by atoms with E-state index in [2.05, 4.69) is 25.2 Å². The summed E-state index contributed by atoms with van der Waals surface area (Å²) in [5.74, 6) is 1.68. The topological polar surface area (TPSA) is 88.1 Å². The first-order chi connectivity index (χ1) is 13.0. The van der Waals surface area contributed by atoms with Crippen molar-refractivity contribution in [3.63, 3.8) is 0 Å². The van der Waals surface area contributed by atoms with Gasteiger partial charge in [0.1, 0.15) is 18.0 Å². The highest BCUT2D eigenvalue weighted by molar-refractivity contribution is 7.90. The molecule has 1 fully saturated rings. The molecule has 1 aliphatic rings. The molecule has 3 heterocycles. The Labute approximate surface area is 158 Å². The molecule has 0 amide bonds. The maximum absolute atomic E-state index is 11.9. The Bertz CT molecular complexity index is 1050. The summed E-state index contributed by atoms with van der Waals surface area (Å²) in [5.41, 5.74) is 0.728. The van der Waals surface area contributed by atoms with E-state index < -0.39 is 9.84 Å². The van der Waals surface area contributed by atoms with Crippen LogP contribution in [-0.2, 0) is 9.84 Å². The fourth-order valence-electron chi connectivity index (χ4n) is 3.37. The van der Waals surface area contributed by atoms with Crippen molar-refractivity contribution in [3.8, 4) is 0 Å². The second-order valence-corrected chi connectivity index (χ2v) is 8.78. The predicted octanol–water partition coefficient (Wildman–Crippen LogP) is 2.51. The molecule has 1 N–H and O–H groups in total. The third-order valence-electron chi connectivity index (χ3n) is 4.84. The molecular weight excluding hydrogens is 362 g/mol. The lowest BCUT2D eigenvalue weighted by molar-refractivity contribution is 0.523. The largest absolute Gasteiger partial charge is 0.367 e. The van der Waals surface area contributed by atoms with Gasteiger partial charge in [-0.15, -0.1) is 0 Å². The lowest BCUT2D eigenvalue weighted by Gasteiger charge is -2.33. The van der Waals surface area contributed by atoms with Crippen LogP contribution in [-0.4, -0.2) is 48.8 Å². The van der Waals surface area contributed by atoms with Crippen LogP contribution in [0.1, 0.15) is 12.8 Å². The standard InChI is InChI=1S/C19H21N5O2S/c1-27(25,26)15-5-6-17-16(12-15)19(22-13-21-17)23-14-7-10-24(11-8-14)18-4-2-3-9-20-18/h2-6,9,12-14H,7-8,10-11H2,1H3,(H,21,22,23). The van der Waals surface area contributed by atoms with Gasteiger partial charge in [-0.1, -0.05) is 6.07 Å². The monoisotopic (exact) mass is 383 g/mol. The fourth-order valence-corrected chi connectivity index (χ4v) is 4.02. The third kappa shape index (κ3) is 3.85. The van der Waals surface area contributed by atoms with Gasteiger partial charge >= 0.3 is 0 Å². The molecule has 0 aliphatic carbocycles. The first-order valence-electron chi connectivity index (χ1n) is 8.88. The Morgan fingerprint density at radius 1 is 1.07 bits per heavy atom. The summed E-state index contributed by atoms with van der Waals surface area (Å²) < 4.78 is 23.8. The highest BCUT2D eigenvalue weighted by Gasteiger charge is 2.21. The first kappa shape index (κ1) is 17.7. The molecule has 0 saturated carbocycles. The molecule has 0 radical (unpaired) electrons. The molecule has 8 heteroatoms. The summed E-state index contributed by atoms with van der Waals surface area (Å²) in [7, 11) is -3.28. The van der Waals surface area contributed by atoms with Crippen molar-refractivity contribution in [3.05, 3.63) is 48.9 Å². The van der Waals surface area contributed by atoms with Crippen LogP contribution < -0.4 is 10.2 Å². The Balaban J connectivity index is 1.52. The van der Waals surface area contributed by atoms with Crippen LogP contribution in [0.25, 0.3) is 10.9 Å². The van der Waals surface area contributed by atoms with E-state index >= 15 is 0 Å². The van der Waals surface area contributed by atoms with Crippen LogP contribution >= 0.6 is 0 Å². The van der Waals surface area contributed by atoms with Crippen LogP contribution in [0.3, 0.4) is 0 Å². The van der Waals surface area contributed by atoms with Crippen LogP contribution in [0, 0.1) is 0 Å². The molecule has 1 aliphatic heterocycles. The summed E-state index contributed by atoms with van der Waals surface area (Å²) in [6.45, 7) is 1.82. The van der Waals surface area contributed by atoms with Gasteiger partial charge in [0, 0.05) is 37.0 Å². The average molecular weight is 383 g/mol. The lowest BCUT2D eigenvalue weighted by Crippen LogP contribution is -2.39. The Kier molecular flexibility index (Phi) is 4.65. The summed E-state index contributed by atoms with van der Waals surface area (Å²) in [4.78, 5) is 15.6. The number of hydrogen-bond donors (Lipinski definition) is 1. The molecule has 27 heavy (non-hydrogen) atoms. The first-order valence-corrected chi connectivity index (χ1v) is 10.8. The van der Waals surface area contributed by atoms with Gasteiger partial charge < -0.3 is 10.2 Å². The van der Waals surface area contributed by atoms with Gasteiger partial charge in [0.25, 0.3) is 0 Å². The highest BCUT2D eigenvalue weighted by atomic mass is 32.2. The molecule has 2 aromatic heterocycles. The number of hydrogen-bond acceptors (Lipinski definition) is 7. The Hall–Kier alpha value is -2.74. The van der Waals surface area contributed by atoms with E-state index in [-0.39, 0.29) is 10.9 Å². The van der Waals surface area contributed by atoms with E-state index in [0.29, 0.717) is 5.82 Å². The SMILES string of the molecule is CS(=O)(=O)c1ccc2ncnc(NC3CCN(c4ccccn4)CC3)c2c1. The van der Waals surface area contributed by atoms with Crippen LogP contribution in [0.15, 0.2) is 53.8 Å². The zero-order valence-electron chi connectivity index (χ0n) is 15.0. The third-order valence-corrected chi connectivity index (χ3v) is 5.95. The minimum atomic E-state index is -3.28. The number of pyridine rings is 1. The van der Waals surface area contributed by atoms with Crippen molar-refractivity contribution in [1.29, 1.82) is 0 Å². The Morgan fingerprint density at radius 3 is 2.59 bits per heavy atom. The van der Waals surface area contributed by atoms with Crippen molar-refractivity contribution in [2.45, 2.75) is 23.8 Å². The van der Waals surface area contributed by atoms with E-state index in [0.717, 1.165) is 42.7 Å². The molecule has 0 unspecified atom stereocenters. The number of benzene rings is 1. The number of anilines is 2. The Morgan fingerprint density at radius 2 is 1.89 bits per heavy atom. The molecule has 0 atom stereocenters. The molecule has 4 rings (SSSR count).